The first kappa shape index (κ1) is 13.4. The normalized spacial score (nSPS) is 12.5. The summed E-state index contributed by atoms with van der Waals surface area (Å²) in [5.41, 5.74) is 3.38. The van der Waals surface area contributed by atoms with E-state index in [4.69, 9.17) is 23.2 Å². The zero-order chi connectivity index (χ0) is 13.3. The molecule has 3 heteroatoms. The van der Waals surface area contributed by atoms with E-state index in [9.17, 15) is 4.39 Å². The zero-order valence-electron chi connectivity index (χ0n) is 10.2. The van der Waals surface area contributed by atoms with Crippen molar-refractivity contribution in [3.8, 4) is 0 Å². The Morgan fingerprint density at radius 2 is 1.61 bits per heavy atom. The van der Waals surface area contributed by atoms with E-state index in [1.165, 1.54) is 6.07 Å². The van der Waals surface area contributed by atoms with Gasteiger partial charge in [-0.25, -0.2) is 4.39 Å². The molecule has 0 aliphatic carbocycles. The number of hydrogen-bond acceptors (Lipinski definition) is 0. The molecule has 0 N–H and O–H groups in total. The maximum Gasteiger partial charge on any atom is 0.128 e. The first-order valence-corrected chi connectivity index (χ1v) is 6.47. The second-order valence-electron chi connectivity index (χ2n) is 4.34. The summed E-state index contributed by atoms with van der Waals surface area (Å²) in [6, 6.07) is 10.3. The van der Waals surface area contributed by atoms with Gasteiger partial charge in [-0.15, -0.1) is 11.6 Å². The number of aryl methyl sites for hydroxylation is 2. The average Bonchev–Trinajstić information content (AvgIpc) is 2.33. The molecule has 2 aromatic carbocycles. The molecule has 94 valence electrons. The highest BCUT2D eigenvalue weighted by Gasteiger charge is 2.18. The van der Waals surface area contributed by atoms with Gasteiger partial charge in [0.1, 0.15) is 5.82 Å². The van der Waals surface area contributed by atoms with Crippen molar-refractivity contribution in [2.75, 3.05) is 0 Å². The highest BCUT2D eigenvalue weighted by Crippen LogP contribution is 2.36. The number of benzene rings is 2. The molecular weight excluding hydrogens is 270 g/mol. The summed E-state index contributed by atoms with van der Waals surface area (Å²) in [5.74, 6) is -0.313. The van der Waals surface area contributed by atoms with Crippen LogP contribution >= 0.6 is 23.2 Å². The average molecular weight is 283 g/mol. The van der Waals surface area contributed by atoms with Crippen molar-refractivity contribution >= 4 is 23.2 Å². The van der Waals surface area contributed by atoms with E-state index in [1.54, 1.807) is 18.2 Å². The number of alkyl halides is 1. The van der Waals surface area contributed by atoms with Crippen molar-refractivity contribution in [2.24, 2.45) is 0 Å². The quantitative estimate of drug-likeness (QED) is 0.645. The number of hydrogen-bond donors (Lipinski definition) is 0. The molecule has 0 heterocycles. The molecule has 0 fully saturated rings. The predicted octanol–water partition coefficient (Wildman–Crippen LogP) is 5.42. The second kappa shape index (κ2) is 5.29. The molecule has 1 atom stereocenters. The molecule has 1 unspecified atom stereocenters. The molecule has 0 radical (unpaired) electrons. The van der Waals surface area contributed by atoms with Crippen LogP contribution < -0.4 is 0 Å². The highest BCUT2D eigenvalue weighted by atomic mass is 35.5. The minimum atomic E-state index is -0.571. The molecule has 2 aromatic rings. The SMILES string of the molecule is Cc1cc(Cl)c(C(Cl)c2ccccc2F)cc1C. The van der Waals surface area contributed by atoms with Gasteiger partial charge in [-0.2, -0.15) is 0 Å². The van der Waals surface area contributed by atoms with Crippen LogP contribution in [0.2, 0.25) is 5.02 Å². The molecule has 0 nitrogen and oxygen atoms in total. The van der Waals surface area contributed by atoms with E-state index in [0.717, 1.165) is 16.7 Å². The van der Waals surface area contributed by atoms with E-state index >= 15 is 0 Å². The van der Waals surface area contributed by atoms with Crippen LogP contribution in [-0.4, -0.2) is 0 Å². The fraction of sp³-hybridized carbons (Fsp3) is 0.200. The Balaban J connectivity index is 2.50. The van der Waals surface area contributed by atoms with Gasteiger partial charge in [0.25, 0.3) is 0 Å². The van der Waals surface area contributed by atoms with Crippen LogP contribution in [0, 0.1) is 19.7 Å². The summed E-state index contributed by atoms with van der Waals surface area (Å²) in [6.07, 6.45) is 0. The van der Waals surface area contributed by atoms with Gasteiger partial charge in [-0.3, -0.25) is 0 Å². The molecule has 0 aromatic heterocycles. The molecule has 0 saturated heterocycles. The third kappa shape index (κ3) is 2.52. The predicted molar refractivity (Wildman–Crippen MR) is 75.0 cm³/mol. The van der Waals surface area contributed by atoms with Crippen molar-refractivity contribution in [2.45, 2.75) is 19.2 Å². The summed E-state index contributed by atoms with van der Waals surface area (Å²) in [5, 5.41) is -0.000599. The molecule has 0 aliphatic rings. The molecule has 18 heavy (non-hydrogen) atoms. The lowest BCUT2D eigenvalue weighted by molar-refractivity contribution is 0.612. The molecule has 0 spiro atoms. The Morgan fingerprint density at radius 3 is 2.28 bits per heavy atom. The Hall–Kier alpha value is -1.05. The maximum atomic E-state index is 13.7. The van der Waals surface area contributed by atoms with Gasteiger partial charge in [0.15, 0.2) is 0 Å². The van der Waals surface area contributed by atoms with Crippen LogP contribution in [0.15, 0.2) is 36.4 Å². The van der Waals surface area contributed by atoms with Crippen LogP contribution in [0.25, 0.3) is 0 Å². The van der Waals surface area contributed by atoms with Crippen LogP contribution in [0.3, 0.4) is 0 Å². The van der Waals surface area contributed by atoms with Crippen LogP contribution in [0.1, 0.15) is 27.6 Å². The second-order valence-corrected chi connectivity index (χ2v) is 5.19. The fourth-order valence-corrected chi connectivity index (χ4v) is 2.59. The Morgan fingerprint density at radius 1 is 1.00 bits per heavy atom. The summed E-state index contributed by atoms with van der Waals surface area (Å²) < 4.78 is 13.7. The Labute approximate surface area is 116 Å². The smallest absolute Gasteiger partial charge is 0.128 e. The maximum absolute atomic E-state index is 13.7. The van der Waals surface area contributed by atoms with E-state index in [0.29, 0.717) is 10.6 Å². The van der Waals surface area contributed by atoms with Gasteiger partial charge in [0.05, 0.1) is 5.38 Å². The largest absolute Gasteiger partial charge is 0.207 e. The van der Waals surface area contributed by atoms with Crippen LogP contribution in [0.5, 0.6) is 0 Å². The molecule has 0 bridgehead atoms. The van der Waals surface area contributed by atoms with Gasteiger partial charge in [0, 0.05) is 10.6 Å². The minimum absolute atomic E-state index is 0.313. The van der Waals surface area contributed by atoms with Crippen molar-refractivity contribution < 1.29 is 4.39 Å². The number of halogens is 3. The first-order valence-electron chi connectivity index (χ1n) is 5.66. The molecule has 0 aliphatic heterocycles. The van der Waals surface area contributed by atoms with Gasteiger partial charge >= 0.3 is 0 Å². The Bertz CT molecular complexity index is 579. The van der Waals surface area contributed by atoms with Crippen LogP contribution in [-0.2, 0) is 0 Å². The van der Waals surface area contributed by atoms with E-state index in [-0.39, 0.29) is 5.82 Å². The summed E-state index contributed by atoms with van der Waals surface area (Å²) in [7, 11) is 0. The molecular formula is C15H13Cl2F. The van der Waals surface area contributed by atoms with Crippen molar-refractivity contribution in [3.63, 3.8) is 0 Å². The van der Waals surface area contributed by atoms with Crippen molar-refractivity contribution in [3.05, 3.63) is 69.5 Å². The van der Waals surface area contributed by atoms with Gasteiger partial charge < -0.3 is 0 Å². The highest BCUT2D eigenvalue weighted by molar-refractivity contribution is 6.33. The third-order valence-corrected chi connectivity index (χ3v) is 3.86. The third-order valence-electron chi connectivity index (χ3n) is 3.06. The molecule has 0 saturated carbocycles. The monoisotopic (exact) mass is 282 g/mol. The van der Waals surface area contributed by atoms with Crippen molar-refractivity contribution in [1.82, 2.24) is 0 Å². The van der Waals surface area contributed by atoms with Crippen molar-refractivity contribution in [1.29, 1.82) is 0 Å². The standard InChI is InChI=1S/C15H13Cl2F/c1-9-7-12(13(16)8-10(9)2)15(17)11-5-3-4-6-14(11)18/h3-8,15H,1-2H3. The van der Waals surface area contributed by atoms with E-state index in [2.05, 4.69) is 0 Å². The first-order chi connectivity index (χ1) is 8.50. The van der Waals surface area contributed by atoms with E-state index in [1.807, 2.05) is 26.0 Å². The topological polar surface area (TPSA) is 0 Å². The molecule has 0 amide bonds. The minimum Gasteiger partial charge on any atom is -0.207 e. The van der Waals surface area contributed by atoms with Gasteiger partial charge in [-0.05, 0) is 42.7 Å². The fourth-order valence-electron chi connectivity index (χ4n) is 1.85. The van der Waals surface area contributed by atoms with Gasteiger partial charge in [-0.1, -0.05) is 35.9 Å². The Kier molecular flexibility index (Phi) is 3.94. The van der Waals surface area contributed by atoms with Crippen LogP contribution in [0.4, 0.5) is 4.39 Å². The lowest BCUT2D eigenvalue weighted by Gasteiger charge is -2.15. The summed E-state index contributed by atoms with van der Waals surface area (Å²) >= 11 is 12.5. The summed E-state index contributed by atoms with van der Waals surface area (Å²) in [6.45, 7) is 3.97. The zero-order valence-corrected chi connectivity index (χ0v) is 11.7. The number of rotatable bonds is 2. The lowest BCUT2D eigenvalue weighted by atomic mass is 9.99. The van der Waals surface area contributed by atoms with Gasteiger partial charge in [0.2, 0.25) is 0 Å². The lowest BCUT2D eigenvalue weighted by Crippen LogP contribution is -1.99. The summed E-state index contributed by atoms with van der Waals surface area (Å²) in [4.78, 5) is 0. The van der Waals surface area contributed by atoms with E-state index < -0.39 is 5.38 Å². The molecule has 2 rings (SSSR count).